The zero-order valence-electron chi connectivity index (χ0n) is 11.0. The summed E-state index contributed by atoms with van der Waals surface area (Å²) in [6.07, 6.45) is 0. The van der Waals surface area contributed by atoms with Crippen LogP contribution in [-0.4, -0.2) is 40.8 Å². The smallest absolute Gasteiger partial charge is 0.179 e. The lowest BCUT2D eigenvalue weighted by Gasteiger charge is -2.36. The van der Waals surface area contributed by atoms with Gasteiger partial charge in [-0.05, 0) is 25.1 Å². The second-order valence-electron chi connectivity index (χ2n) is 4.83. The Morgan fingerprint density at radius 3 is 2.89 bits per heavy atom. The van der Waals surface area contributed by atoms with Gasteiger partial charge >= 0.3 is 0 Å². The van der Waals surface area contributed by atoms with Gasteiger partial charge < -0.3 is 0 Å². The van der Waals surface area contributed by atoms with Gasteiger partial charge in [-0.3, -0.25) is 9.69 Å². The van der Waals surface area contributed by atoms with Crippen LogP contribution >= 0.6 is 11.8 Å². The number of thioether (sulfide) groups is 1. The summed E-state index contributed by atoms with van der Waals surface area (Å²) in [5, 5.41) is 0.443. The van der Waals surface area contributed by atoms with Crippen LogP contribution in [0.2, 0.25) is 0 Å². The van der Waals surface area contributed by atoms with E-state index in [0.717, 1.165) is 30.5 Å². The van der Waals surface area contributed by atoms with Crippen molar-refractivity contribution in [1.82, 2.24) is 4.90 Å². The molecule has 1 saturated heterocycles. The van der Waals surface area contributed by atoms with Gasteiger partial charge in [0, 0.05) is 23.6 Å². The third-order valence-electron chi connectivity index (χ3n) is 3.59. The summed E-state index contributed by atoms with van der Waals surface area (Å²) in [6.45, 7) is 5.13. The molecule has 0 radical (unpaired) electrons. The van der Waals surface area contributed by atoms with Crippen LogP contribution in [0, 0.1) is 11.6 Å². The zero-order chi connectivity index (χ0) is 14.0. The zero-order valence-corrected chi connectivity index (χ0v) is 11.8. The number of carbonyl (C=O) groups excluding carboxylic acids is 1. The Hall–Kier alpha value is -0.940. The van der Waals surface area contributed by atoms with Crippen molar-refractivity contribution in [3.63, 3.8) is 0 Å². The third kappa shape index (κ3) is 3.34. The molecule has 0 aromatic heterocycles. The second-order valence-corrected chi connectivity index (χ2v) is 6.32. The predicted octanol–water partition coefficient (Wildman–Crippen LogP) is 2.97. The van der Waals surface area contributed by atoms with Gasteiger partial charge in [0.25, 0.3) is 0 Å². The molecule has 0 spiro atoms. The number of ketones is 1. The monoisotopic (exact) mass is 285 g/mol. The molecule has 1 aromatic carbocycles. The Morgan fingerprint density at radius 1 is 1.42 bits per heavy atom. The van der Waals surface area contributed by atoms with E-state index in [-0.39, 0.29) is 23.9 Å². The fraction of sp³-hybridized carbons (Fsp3) is 0.500. The number of carbonyl (C=O) groups is 1. The highest BCUT2D eigenvalue weighted by Gasteiger charge is 2.27. The van der Waals surface area contributed by atoms with E-state index < -0.39 is 11.6 Å². The van der Waals surface area contributed by atoms with E-state index in [4.69, 9.17) is 0 Å². The standard InChI is InChI=1S/C14H17F2NOS/c1-9-10(2)19-6-5-17(9)8-14(18)12-7-11(15)3-4-13(12)16/h3-4,7,9-10H,5-6,8H2,1-2H3. The molecule has 1 aromatic rings. The first-order valence-electron chi connectivity index (χ1n) is 6.33. The molecular formula is C14H17F2NOS. The van der Waals surface area contributed by atoms with E-state index in [1.807, 2.05) is 16.7 Å². The fourth-order valence-corrected chi connectivity index (χ4v) is 3.36. The predicted molar refractivity (Wildman–Crippen MR) is 73.6 cm³/mol. The van der Waals surface area contributed by atoms with E-state index >= 15 is 0 Å². The van der Waals surface area contributed by atoms with Crippen molar-refractivity contribution in [3.8, 4) is 0 Å². The van der Waals surface area contributed by atoms with Gasteiger partial charge in [0.15, 0.2) is 5.78 Å². The van der Waals surface area contributed by atoms with Gasteiger partial charge in [-0.2, -0.15) is 11.8 Å². The minimum atomic E-state index is -0.654. The minimum Gasteiger partial charge on any atom is -0.293 e. The van der Waals surface area contributed by atoms with Crippen molar-refractivity contribution in [1.29, 1.82) is 0 Å². The molecule has 2 unspecified atom stereocenters. The third-order valence-corrected chi connectivity index (χ3v) is 4.93. The molecule has 104 valence electrons. The van der Waals surface area contributed by atoms with Crippen molar-refractivity contribution >= 4 is 17.5 Å². The molecule has 2 nitrogen and oxygen atoms in total. The van der Waals surface area contributed by atoms with Gasteiger partial charge in [-0.25, -0.2) is 8.78 Å². The molecule has 2 atom stereocenters. The Kier molecular flexibility index (Phi) is 4.58. The maximum absolute atomic E-state index is 13.5. The molecular weight excluding hydrogens is 268 g/mol. The van der Waals surface area contributed by atoms with Crippen LogP contribution in [0.25, 0.3) is 0 Å². The number of nitrogens with zero attached hydrogens (tertiary/aromatic N) is 1. The Morgan fingerprint density at radius 2 is 2.16 bits per heavy atom. The van der Waals surface area contributed by atoms with Crippen LogP contribution in [0.3, 0.4) is 0 Å². The van der Waals surface area contributed by atoms with Gasteiger partial charge in [0.1, 0.15) is 11.6 Å². The van der Waals surface area contributed by atoms with E-state index in [9.17, 15) is 13.6 Å². The molecule has 2 rings (SSSR count). The Labute approximate surface area is 116 Å². The number of Topliss-reactive ketones (excluding diaryl/α,β-unsaturated/α-hetero) is 1. The highest BCUT2D eigenvalue weighted by atomic mass is 32.2. The maximum atomic E-state index is 13.5. The van der Waals surface area contributed by atoms with Crippen molar-refractivity contribution in [2.24, 2.45) is 0 Å². The first kappa shape index (κ1) is 14.5. The molecule has 19 heavy (non-hydrogen) atoms. The topological polar surface area (TPSA) is 20.3 Å². The lowest BCUT2D eigenvalue weighted by Crippen LogP contribution is -2.46. The summed E-state index contributed by atoms with van der Waals surface area (Å²) < 4.78 is 26.6. The molecule has 1 aliphatic rings. The number of halogens is 2. The highest BCUT2D eigenvalue weighted by molar-refractivity contribution is 8.00. The molecule has 0 amide bonds. The van der Waals surface area contributed by atoms with Crippen LogP contribution in [-0.2, 0) is 0 Å². The number of benzene rings is 1. The van der Waals surface area contributed by atoms with Crippen molar-refractivity contribution in [3.05, 3.63) is 35.4 Å². The molecule has 0 N–H and O–H groups in total. The normalized spacial score (nSPS) is 24.4. The van der Waals surface area contributed by atoms with Crippen LogP contribution in [0.1, 0.15) is 24.2 Å². The number of rotatable bonds is 3. The molecule has 1 heterocycles. The second kappa shape index (κ2) is 6.01. The van der Waals surface area contributed by atoms with Gasteiger partial charge in [-0.1, -0.05) is 6.92 Å². The van der Waals surface area contributed by atoms with Crippen LogP contribution in [0.4, 0.5) is 8.78 Å². The molecule has 5 heteroatoms. The first-order chi connectivity index (χ1) is 8.99. The van der Waals surface area contributed by atoms with Gasteiger partial charge in [0.05, 0.1) is 12.1 Å². The summed E-state index contributed by atoms with van der Waals surface area (Å²) in [5.41, 5.74) is -0.155. The van der Waals surface area contributed by atoms with E-state index in [2.05, 4.69) is 13.8 Å². The summed E-state index contributed by atoms with van der Waals surface area (Å²) in [5.74, 6) is -0.633. The number of hydrogen-bond donors (Lipinski definition) is 0. The van der Waals surface area contributed by atoms with Crippen LogP contribution in [0.15, 0.2) is 18.2 Å². The maximum Gasteiger partial charge on any atom is 0.179 e. The fourth-order valence-electron chi connectivity index (χ4n) is 2.20. The van der Waals surface area contributed by atoms with Crippen molar-refractivity contribution in [2.45, 2.75) is 25.1 Å². The molecule has 0 aliphatic carbocycles. The van der Waals surface area contributed by atoms with Gasteiger partial charge in [0.2, 0.25) is 0 Å². The summed E-state index contributed by atoms with van der Waals surface area (Å²) in [6, 6.07) is 3.26. The lowest BCUT2D eigenvalue weighted by molar-refractivity contribution is 0.0897. The van der Waals surface area contributed by atoms with Crippen LogP contribution in [0.5, 0.6) is 0 Å². The molecule has 0 saturated carbocycles. The van der Waals surface area contributed by atoms with E-state index in [1.165, 1.54) is 0 Å². The van der Waals surface area contributed by atoms with Gasteiger partial charge in [-0.15, -0.1) is 0 Å². The van der Waals surface area contributed by atoms with Crippen molar-refractivity contribution in [2.75, 3.05) is 18.8 Å². The summed E-state index contributed by atoms with van der Waals surface area (Å²) in [7, 11) is 0. The molecule has 1 aliphatic heterocycles. The lowest BCUT2D eigenvalue weighted by atomic mass is 10.1. The van der Waals surface area contributed by atoms with Crippen molar-refractivity contribution < 1.29 is 13.6 Å². The SMILES string of the molecule is CC1SCCN(CC(=O)c2cc(F)ccc2F)C1C. The quantitative estimate of drug-likeness (QED) is 0.796. The Bertz CT molecular complexity index is 481. The minimum absolute atomic E-state index is 0.145. The average molecular weight is 285 g/mol. The number of hydrogen-bond acceptors (Lipinski definition) is 3. The summed E-state index contributed by atoms with van der Waals surface area (Å²) in [4.78, 5) is 14.1. The van der Waals surface area contributed by atoms with Crippen LogP contribution < -0.4 is 0 Å². The first-order valence-corrected chi connectivity index (χ1v) is 7.38. The van der Waals surface area contributed by atoms with E-state index in [0.29, 0.717) is 5.25 Å². The van der Waals surface area contributed by atoms with E-state index in [1.54, 1.807) is 0 Å². The Balaban J connectivity index is 2.10. The molecule has 1 fully saturated rings. The average Bonchev–Trinajstić information content (AvgIpc) is 2.38. The molecule has 0 bridgehead atoms. The summed E-state index contributed by atoms with van der Waals surface area (Å²) >= 11 is 1.87. The largest absolute Gasteiger partial charge is 0.293 e. The highest BCUT2D eigenvalue weighted by Crippen LogP contribution is 2.24.